The van der Waals surface area contributed by atoms with E-state index in [1.54, 1.807) is 11.6 Å². The summed E-state index contributed by atoms with van der Waals surface area (Å²) in [5.41, 5.74) is 6.05. The maximum Gasteiger partial charge on any atom is 0.313 e. The average molecular weight is 519 g/mol. The molecule has 4 rings (SSSR count). The molecule has 0 radical (unpaired) electrons. The molecule has 2 fully saturated rings. The van der Waals surface area contributed by atoms with E-state index in [2.05, 4.69) is 19.9 Å². The second-order valence-corrected chi connectivity index (χ2v) is 11.1. The predicted octanol–water partition coefficient (Wildman–Crippen LogP) is 1.42. The summed E-state index contributed by atoms with van der Waals surface area (Å²) in [5, 5.41) is 17.9. The lowest BCUT2D eigenvalue weighted by Gasteiger charge is -2.53. The zero-order valence-corrected chi connectivity index (χ0v) is 19.6. The summed E-state index contributed by atoms with van der Waals surface area (Å²) < 4.78 is 4.59. The fourth-order valence-electron chi connectivity index (χ4n) is 3.19. The molecule has 2 amide bonds. The van der Waals surface area contributed by atoms with Gasteiger partial charge in [-0.1, -0.05) is 16.1 Å². The van der Waals surface area contributed by atoms with Gasteiger partial charge in [-0.25, -0.2) is 4.98 Å². The molecule has 15 heteroatoms. The number of rotatable bonds is 7. The Morgan fingerprint density at radius 3 is 2.94 bits per heavy atom. The van der Waals surface area contributed by atoms with E-state index in [4.69, 9.17) is 17.3 Å². The van der Waals surface area contributed by atoms with Gasteiger partial charge in [0.05, 0.1) is 17.5 Å². The standard InChI is InChI=1S/C16H15ClN6O4S4/c17-1-7(8-3-28-15(18)20-8)11(24)21-10-12(25)23-4-16(14(26)27,6-30-13(10)23)5-29-9-2-19-22-31-9/h1-3,10,13H,4-6H2,(H2,18,20)(H,21,24)(H,26,27)/t10?,13-,16?/m1/s1. The Bertz CT molecular complexity index is 1050. The molecule has 0 spiro atoms. The largest absolute Gasteiger partial charge is 0.481 e. The number of nitrogen functional groups attached to an aromatic ring is 1. The normalized spacial score (nSPS) is 25.6. The van der Waals surface area contributed by atoms with Crippen molar-refractivity contribution in [3.63, 3.8) is 0 Å². The van der Waals surface area contributed by atoms with Gasteiger partial charge in [0.1, 0.15) is 21.0 Å². The van der Waals surface area contributed by atoms with Crippen LogP contribution in [-0.2, 0) is 14.4 Å². The number of β-lactam (4-membered cyclic amide) rings is 1. The molecule has 3 atom stereocenters. The molecule has 2 unspecified atom stereocenters. The van der Waals surface area contributed by atoms with Crippen LogP contribution >= 0.6 is 58.0 Å². The van der Waals surface area contributed by atoms with Crippen LogP contribution in [0.3, 0.4) is 0 Å². The number of nitrogens with two attached hydrogens (primary N) is 1. The number of nitrogens with zero attached hydrogens (tertiary/aromatic N) is 4. The fraction of sp³-hybridized carbons (Fsp3) is 0.375. The van der Waals surface area contributed by atoms with Crippen LogP contribution in [0, 0.1) is 5.41 Å². The lowest BCUT2D eigenvalue weighted by atomic mass is 9.89. The maximum atomic E-state index is 12.7. The van der Waals surface area contributed by atoms with E-state index in [-0.39, 0.29) is 29.2 Å². The van der Waals surface area contributed by atoms with Crippen LogP contribution < -0.4 is 11.1 Å². The first-order chi connectivity index (χ1) is 14.8. The summed E-state index contributed by atoms with van der Waals surface area (Å²) in [7, 11) is 0. The molecule has 10 nitrogen and oxygen atoms in total. The van der Waals surface area contributed by atoms with E-state index < -0.39 is 23.3 Å². The average Bonchev–Trinajstić information content (AvgIpc) is 3.42. The van der Waals surface area contributed by atoms with E-state index in [9.17, 15) is 19.5 Å². The number of carbonyl (C=O) groups excluding carboxylic acids is 2. The highest BCUT2D eigenvalue weighted by molar-refractivity contribution is 8.01. The molecule has 4 N–H and O–H groups in total. The van der Waals surface area contributed by atoms with Crippen LogP contribution in [-0.4, -0.2) is 71.8 Å². The van der Waals surface area contributed by atoms with Crippen molar-refractivity contribution in [1.82, 2.24) is 24.8 Å². The van der Waals surface area contributed by atoms with Gasteiger partial charge in [0.15, 0.2) is 5.13 Å². The number of hydrogen-bond acceptors (Lipinski definition) is 11. The summed E-state index contributed by atoms with van der Waals surface area (Å²) in [6.07, 6.45) is 1.59. The highest BCUT2D eigenvalue weighted by Crippen LogP contribution is 2.44. The summed E-state index contributed by atoms with van der Waals surface area (Å²) in [4.78, 5) is 43.0. The van der Waals surface area contributed by atoms with Crippen LogP contribution in [0.4, 0.5) is 5.13 Å². The summed E-state index contributed by atoms with van der Waals surface area (Å²) in [6.45, 7) is 0.0747. The predicted molar refractivity (Wildman–Crippen MR) is 121 cm³/mol. The second-order valence-electron chi connectivity index (χ2n) is 6.82. The van der Waals surface area contributed by atoms with Crippen molar-refractivity contribution in [2.75, 3.05) is 23.8 Å². The van der Waals surface area contributed by atoms with Gasteiger partial charge in [-0.15, -0.1) is 40.0 Å². The van der Waals surface area contributed by atoms with Crippen molar-refractivity contribution < 1.29 is 19.5 Å². The third kappa shape index (κ3) is 4.26. The van der Waals surface area contributed by atoms with Crippen LogP contribution in [0.25, 0.3) is 5.57 Å². The number of fused-ring (bicyclic) bond motifs is 1. The molecule has 2 aliphatic rings. The Morgan fingerprint density at radius 2 is 2.32 bits per heavy atom. The lowest BCUT2D eigenvalue weighted by molar-refractivity contribution is -0.157. The Hall–Kier alpha value is -1.87. The van der Waals surface area contributed by atoms with Gasteiger partial charge in [-0.05, 0) is 11.5 Å². The number of hydrogen-bond donors (Lipinski definition) is 3. The number of anilines is 1. The van der Waals surface area contributed by atoms with Crippen LogP contribution in [0.1, 0.15) is 5.69 Å². The first-order valence-corrected chi connectivity index (χ1v) is 12.9. The number of thiazole rings is 1. The topological polar surface area (TPSA) is 151 Å². The lowest BCUT2D eigenvalue weighted by Crippen LogP contribution is -2.74. The Labute approximate surface area is 197 Å². The third-order valence-electron chi connectivity index (χ3n) is 4.87. The summed E-state index contributed by atoms with van der Waals surface area (Å²) in [5.74, 6) is -1.23. The van der Waals surface area contributed by atoms with Gasteiger partial charge < -0.3 is 21.1 Å². The third-order valence-corrected chi connectivity index (χ3v) is 9.47. The zero-order valence-electron chi connectivity index (χ0n) is 15.6. The number of carboxylic acid groups (broad SMARTS) is 1. The minimum Gasteiger partial charge on any atom is -0.481 e. The molecule has 31 heavy (non-hydrogen) atoms. The summed E-state index contributed by atoms with van der Waals surface area (Å²) in [6, 6.07) is -0.759. The van der Waals surface area contributed by atoms with Gasteiger partial charge in [0, 0.05) is 29.0 Å². The molecule has 0 bridgehead atoms. The van der Waals surface area contributed by atoms with Crippen molar-refractivity contribution >= 4 is 86.5 Å². The van der Waals surface area contributed by atoms with Gasteiger partial charge in [0.2, 0.25) is 5.91 Å². The number of carbonyl (C=O) groups is 3. The zero-order chi connectivity index (χ0) is 22.2. The number of carboxylic acids is 1. The minimum atomic E-state index is -1.10. The first kappa shape index (κ1) is 22.3. The molecular formula is C16H15ClN6O4S4. The van der Waals surface area contributed by atoms with Crippen LogP contribution in [0.15, 0.2) is 21.3 Å². The van der Waals surface area contributed by atoms with Crippen LogP contribution in [0.5, 0.6) is 0 Å². The second kappa shape index (κ2) is 8.94. The van der Waals surface area contributed by atoms with Crippen molar-refractivity contribution in [2.45, 2.75) is 15.6 Å². The van der Waals surface area contributed by atoms with Gasteiger partial charge in [0.25, 0.3) is 5.91 Å². The van der Waals surface area contributed by atoms with Crippen molar-refractivity contribution in [1.29, 1.82) is 0 Å². The van der Waals surface area contributed by atoms with Crippen molar-refractivity contribution in [2.24, 2.45) is 5.41 Å². The van der Waals surface area contributed by atoms with E-state index in [1.807, 2.05) is 0 Å². The number of nitrogens with one attached hydrogen (secondary N) is 1. The molecule has 164 valence electrons. The molecular weight excluding hydrogens is 504 g/mol. The molecule has 2 saturated heterocycles. The molecule has 0 aromatic carbocycles. The number of aliphatic carboxylic acids is 1. The van der Waals surface area contributed by atoms with Gasteiger partial charge in [-0.3, -0.25) is 14.4 Å². The Kier molecular flexibility index (Phi) is 6.44. The molecule has 4 heterocycles. The van der Waals surface area contributed by atoms with Crippen molar-refractivity contribution in [3.05, 3.63) is 22.8 Å². The van der Waals surface area contributed by atoms with Gasteiger partial charge in [-0.2, -0.15) is 0 Å². The molecule has 2 aromatic rings. The minimum absolute atomic E-state index is 0.0747. The van der Waals surface area contributed by atoms with E-state index in [1.165, 1.54) is 51.3 Å². The van der Waals surface area contributed by atoms with E-state index in [0.29, 0.717) is 16.6 Å². The monoisotopic (exact) mass is 518 g/mol. The molecule has 0 saturated carbocycles. The summed E-state index contributed by atoms with van der Waals surface area (Å²) >= 11 is 10.9. The van der Waals surface area contributed by atoms with Gasteiger partial charge >= 0.3 is 5.97 Å². The molecule has 0 aliphatic carbocycles. The highest BCUT2D eigenvalue weighted by Gasteiger charge is 2.57. The Morgan fingerprint density at radius 1 is 1.52 bits per heavy atom. The SMILES string of the molecule is Nc1nc(C(=CCl)C(=O)NC2C(=O)N3CC(CSc4cnns4)(C(=O)O)CS[C@H]23)cs1. The fourth-order valence-corrected chi connectivity index (χ4v) is 7.25. The van der Waals surface area contributed by atoms with E-state index in [0.717, 1.165) is 9.74 Å². The smallest absolute Gasteiger partial charge is 0.313 e. The Balaban J connectivity index is 1.41. The number of amides is 2. The highest BCUT2D eigenvalue weighted by atomic mass is 35.5. The molecule has 2 aromatic heterocycles. The molecule has 2 aliphatic heterocycles. The number of thioether (sulfide) groups is 2. The number of aromatic nitrogens is 3. The maximum absolute atomic E-state index is 12.7. The number of halogens is 1. The van der Waals surface area contributed by atoms with Crippen molar-refractivity contribution in [3.8, 4) is 0 Å². The quantitative estimate of drug-likeness (QED) is 0.279. The van der Waals surface area contributed by atoms with E-state index >= 15 is 0 Å². The first-order valence-electron chi connectivity index (χ1n) is 8.73. The van der Waals surface area contributed by atoms with Crippen LogP contribution in [0.2, 0.25) is 0 Å².